The van der Waals surface area contributed by atoms with Crippen LogP contribution in [0, 0.1) is 5.82 Å². The maximum atomic E-state index is 14.6. The van der Waals surface area contributed by atoms with Crippen molar-refractivity contribution in [2.75, 3.05) is 25.0 Å². The fourth-order valence-corrected chi connectivity index (χ4v) is 5.27. The maximum Gasteiger partial charge on any atom is 0.416 e. The number of nitrogens with zero attached hydrogens (tertiary/aromatic N) is 4. The quantitative estimate of drug-likeness (QED) is 0.274. The highest BCUT2D eigenvalue weighted by Gasteiger charge is 2.41. The van der Waals surface area contributed by atoms with Gasteiger partial charge in [-0.15, -0.1) is 0 Å². The van der Waals surface area contributed by atoms with Gasteiger partial charge < -0.3 is 16.0 Å². The standard InChI is InChI=1S/C28H25ClF4N6O/c1-27(15-38(11-12-39(27)26(34)40)14-17-5-7-18(8-6-17)28(31,32)33)19-9-10-22-20(13-19)25(36-16-35-22)37-23-4-2-3-21(29)24(23)30/h2-10,13,16H,11-12,14-15H2,1H3,(H2,34,40)(H,35,36,37)/t27-/m0/s1. The number of rotatable bonds is 5. The number of hydrogen-bond donors (Lipinski definition) is 2. The lowest BCUT2D eigenvalue weighted by molar-refractivity contribution is -0.137. The average Bonchev–Trinajstić information content (AvgIpc) is 2.91. The van der Waals surface area contributed by atoms with E-state index in [1.807, 2.05) is 19.1 Å². The van der Waals surface area contributed by atoms with Crippen LogP contribution in [-0.2, 0) is 18.3 Å². The van der Waals surface area contributed by atoms with Gasteiger partial charge in [0.05, 0.1) is 27.3 Å². The Bertz CT molecular complexity index is 1570. The van der Waals surface area contributed by atoms with Gasteiger partial charge in [-0.2, -0.15) is 13.2 Å². The van der Waals surface area contributed by atoms with Gasteiger partial charge in [0, 0.05) is 31.6 Å². The third kappa shape index (κ3) is 5.39. The van der Waals surface area contributed by atoms with Gasteiger partial charge in [-0.25, -0.2) is 19.2 Å². The van der Waals surface area contributed by atoms with Crippen LogP contribution in [0.4, 0.5) is 33.9 Å². The minimum atomic E-state index is -4.41. The molecule has 0 saturated carbocycles. The first-order valence-corrected chi connectivity index (χ1v) is 12.8. The molecule has 4 aromatic rings. The number of urea groups is 1. The number of halogens is 5. The van der Waals surface area contributed by atoms with Crippen LogP contribution in [-0.4, -0.2) is 45.4 Å². The van der Waals surface area contributed by atoms with Crippen molar-refractivity contribution in [3.05, 3.63) is 94.5 Å². The molecule has 1 aliphatic rings. The summed E-state index contributed by atoms with van der Waals surface area (Å²) >= 11 is 5.94. The zero-order valence-corrected chi connectivity index (χ0v) is 22.1. The minimum absolute atomic E-state index is 0.0380. The summed E-state index contributed by atoms with van der Waals surface area (Å²) in [4.78, 5) is 24.8. The van der Waals surface area contributed by atoms with Crippen LogP contribution in [0.25, 0.3) is 10.9 Å². The lowest BCUT2D eigenvalue weighted by Gasteiger charge is -2.48. The number of fused-ring (bicyclic) bond motifs is 1. The summed E-state index contributed by atoms with van der Waals surface area (Å²) in [5, 5.41) is 3.53. The summed E-state index contributed by atoms with van der Waals surface area (Å²) in [5.74, 6) is -0.273. The summed E-state index contributed by atoms with van der Waals surface area (Å²) in [7, 11) is 0. The Labute approximate surface area is 232 Å². The Morgan fingerprint density at radius 2 is 1.85 bits per heavy atom. The highest BCUT2D eigenvalue weighted by atomic mass is 35.5. The number of hydrogen-bond acceptors (Lipinski definition) is 5. The lowest BCUT2D eigenvalue weighted by atomic mass is 9.86. The number of alkyl halides is 3. The maximum absolute atomic E-state index is 14.6. The molecular weight excluding hydrogens is 548 g/mol. The van der Waals surface area contributed by atoms with E-state index in [0.717, 1.165) is 17.7 Å². The van der Waals surface area contributed by atoms with Crippen molar-refractivity contribution in [1.29, 1.82) is 0 Å². The zero-order chi connectivity index (χ0) is 28.7. The van der Waals surface area contributed by atoms with Crippen molar-refractivity contribution in [1.82, 2.24) is 19.8 Å². The topological polar surface area (TPSA) is 87.4 Å². The van der Waals surface area contributed by atoms with Gasteiger partial charge in [-0.1, -0.05) is 35.9 Å². The van der Waals surface area contributed by atoms with Crippen LogP contribution in [0.5, 0.6) is 0 Å². The second kappa shape index (κ2) is 10.5. The van der Waals surface area contributed by atoms with Crippen molar-refractivity contribution < 1.29 is 22.4 Å². The van der Waals surface area contributed by atoms with E-state index in [9.17, 15) is 22.4 Å². The van der Waals surface area contributed by atoms with Crippen LogP contribution in [0.1, 0.15) is 23.6 Å². The van der Waals surface area contributed by atoms with Gasteiger partial charge in [0.25, 0.3) is 0 Å². The van der Waals surface area contributed by atoms with E-state index in [4.69, 9.17) is 17.3 Å². The molecule has 1 aliphatic heterocycles. The molecule has 3 N–H and O–H groups in total. The van der Waals surface area contributed by atoms with E-state index in [1.54, 1.807) is 17.0 Å². The van der Waals surface area contributed by atoms with Crippen molar-refractivity contribution >= 4 is 40.0 Å². The number of nitrogens with one attached hydrogen (secondary N) is 1. The van der Waals surface area contributed by atoms with Gasteiger partial charge in [0.1, 0.15) is 12.1 Å². The molecule has 0 bridgehead atoms. The molecule has 0 aliphatic carbocycles. The third-order valence-electron chi connectivity index (χ3n) is 7.18. The number of benzene rings is 3. The summed E-state index contributed by atoms with van der Waals surface area (Å²) in [6, 6.07) is 14.5. The highest BCUT2D eigenvalue weighted by Crippen LogP contribution is 2.36. The summed E-state index contributed by atoms with van der Waals surface area (Å²) in [6.07, 6.45) is -3.05. The minimum Gasteiger partial charge on any atom is -0.351 e. The number of amides is 2. The molecule has 208 valence electrons. The molecule has 0 spiro atoms. The first-order chi connectivity index (χ1) is 19.0. The number of nitrogens with two attached hydrogens (primary N) is 1. The first kappa shape index (κ1) is 27.6. The third-order valence-corrected chi connectivity index (χ3v) is 7.47. The predicted molar refractivity (Wildman–Crippen MR) is 145 cm³/mol. The number of anilines is 2. The van der Waals surface area contributed by atoms with E-state index in [-0.39, 0.29) is 10.7 Å². The SMILES string of the molecule is C[C@@]1(c2ccc3ncnc(Nc4cccc(Cl)c4F)c3c2)CN(Cc2ccc(C(F)(F)F)cc2)CCN1C(N)=O. The van der Waals surface area contributed by atoms with Crippen LogP contribution in [0.2, 0.25) is 5.02 Å². The van der Waals surface area contributed by atoms with Crippen molar-refractivity contribution in [2.45, 2.75) is 25.2 Å². The van der Waals surface area contributed by atoms with Gasteiger partial charge in [-0.3, -0.25) is 4.90 Å². The molecule has 3 aromatic carbocycles. The molecule has 2 heterocycles. The van der Waals surface area contributed by atoms with E-state index < -0.39 is 29.1 Å². The Kier molecular flexibility index (Phi) is 7.28. The van der Waals surface area contributed by atoms with Gasteiger partial charge in [0.15, 0.2) is 5.82 Å². The zero-order valence-electron chi connectivity index (χ0n) is 21.3. The second-order valence-electron chi connectivity index (χ2n) is 9.85. The Balaban J connectivity index is 1.48. The van der Waals surface area contributed by atoms with E-state index in [2.05, 4.69) is 20.2 Å². The van der Waals surface area contributed by atoms with Crippen LogP contribution in [0.15, 0.2) is 67.0 Å². The largest absolute Gasteiger partial charge is 0.416 e. The monoisotopic (exact) mass is 572 g/mol. The predicted octanol–water partition coefficient (Wildman–Crippen LogP) is 6.30. The Hall–Kier alpha value is -3.96. The molecule has 5 rings (SSSR count). The Morgan fingerprint density at radius 3 is 2.55 bits per heavy atom. The number of carbonyl (C=O) groups excluding carboxylic acids is 1. The number of aromatic nitrogens is 2. The van der Waals surface area contributed by atoms with Crippen molar-refractivity contribution in [3.8, 4) is 0 Å². The molecule has 1 atom stereocenters. The fourth-order valence-electron chi connectivity index (χ4n) is 5.10. The van der Waals surface area contributed by atoms with E-state index in [1.165, 1.54) is 30.6 Å². The molecule has 12 heteroatoms. The van der Waals surface area contributed by atoms with Gasteiger partial charge >= 0.3 is 12.2 Å². The average molecular weight is 573 g/mol. The molecule has 1 saturated heterocycles. The Morgan fingerprint density at radius 1 is 1.10 bits per heavy atom. The van der Waals surface area contributed by atoms with Crippen LogP contribution in [0.3, 0.4) is 0 Å². The number of primary amides is 1. The molecule has 0 radical (unpaired) electrons. The van der Waals surface area contributed by atoms with E-state index in [0.29, 0.717) is 48.5 Å². The molecule has 0 unspecified atom stereocenters. The van der Waals surface area contributed by atoms with E-state index >= 15 is 0 Å². The molecular formula is C28H25ClF4N6O. The highest BCUT2D eigenvalue weighted by molar-refractivity contribution is 6.31. The fraction of sp³-hybridized carbons (Fsp3) is 0.250. The second-order valence-corrected chi connectivity index (χ2v) is 10.3. The summed E-state index contributed by atoms with van der Waals surface area (Å²) < 4.78 is 53.6. The lowest BCUT2D eigenvalue weighted by Crippen LogP contribution is -2.61. The number of piperazine rings is 1. The smallest absolute Gasteiger partial charge is 0.351 e. The summed E-state index contributed by atoms with van der Waals surface area (Å²) in [5.41, 5.74) is 6.37. The molecule has 1 fully saturated rings. The van der Waals surface area contributed by atoms with Crippen LogP contribution < -0.4 is 11.1 Å². The van der Waals surface area contributed by atoms with Crippen LogP contribution >= 0.6 is 11.6 Å². The summed E-state index contributed by atoms with van der Waals surface area (Å²) in [6.45, 7) is 3.43. The molecule has 1 aromatic heterocycles. The van der Waals surface area contributed by atoms with Crippen molar-refractivity contribution in [2.24, 2.45) is 5.73 Å². The molecule has 7 nitrogen and oxygen atoms in total. The first-order valence-electron chi connectivity index (χ1n) is 12.4. The normalized spacial score (nSPS) is 18.2. The molecule has 2 amide bonds. The van der Waals surface area contributed by atoms with Gasteiger partial charge in [0.2, 0.25) is 0 Å². The molecule has 40 heavy (non-hydrogen) atoms. The number of carbonyl (C=O) groups is 1. The van der Waals surface area contributed by atoms with Gasteiger partial charge in [-0.05, 0) is 54.4 Å². The van der Waals surface area contributed by atoms with Crippen molar-refractivity contribution in [3.63, 3.8) is 0 Å².